The van der Waals surface area contributed by atoms with Gasteiger partial charge in [0.25, 0.3) is 0 Å². The van der Waals surface area contributed by atoms with Crippen molar-refractivity contribution in [1.82, 2.24) is 5.32 Å². The number of carbonyl (C=O) groups excluding carboxylic acids is 1. The number of ether oxygens (including phenoxy) is 1. The van der Waals surface area contributed by atoms with Crippen molar-refractivity contribution < 1.29 is 9.53 Å². The molecule has 0 amide bonds. The zero-order chi connectivity index (χ0) is 11.0. The highest BCUT2D eigenvalue weighted by atomic mass is 16.5. The lowest BCUT2D eigenvalue weighted by molar-refractivity contribution is -0.144. The first-order valence-electron chi connectivity index (χ1n) is 4.84. The third-order valence-corrected chi connectivity index (χ3v) is 1.51. The predicted molar refractivity (Wildman–Crippen MR) is 56.0 cm³/mol. The molecule has 82 valence electrons. The molecule has 0 aliphatic rings. The minimum atomic E-state index is -0.449. The first kappa shape index (κ1) is 12.7. The quantitative estimate of drug-likeness (QED) is 0.380. The molecule has 0 spiro atoms. The van der Waals surface area contributed by atoms with E-state index in [4.69, 9.17) is 10.5 Å². The van der Waals surface area contributed by atoms with Gasteiger partial charge in [-0.1, -0.05) is 6.92 Å². The average Bonchev–Trinajstić information content (AvgIpc) is 2.15. The second-order valence-corrected chi connectivity index (χ2v) is 2.89. The Morgan fingerprint density at radius 1 is 1.57 bits per heavy atom. The van der Waals surface area contributed by atoms with Crippen LogP contribution < -0.4 is 11.1 Å². The van der Waals surface area contributed by atoms with E-state index in [1.54, 1.807) is 13.8 Å². The summed E-state index contributed by atoms with van der Waals surface area (Å²) in [5.74, 6) is -0.0328. The number of nitrogens with two attached hydrogens (primary N) is 1. The van der Waals surface area contributed by atoms with E-state index in [9.17, 15) is 4.79 Å². The van der Waals surface area contributed by atoms with Crippen molar-refractivity contribution in [3.63, 3.8) is 0 Å². The summed E-state index contributed by atoms with van der Waals surface area (Å²) in [4.78, 5) is 15.2. The molecule has 0 aromatic rings. The molecule has 0 rings (SSSR count). The minimum Gasteiger partial charge on any atom is -0.464 e. The highest BCUT2D eigenvalue weighted by molar-refractivity contribution is 5.85. The van der Waals surface area contributed by atoms with Crippen LogP contribution in [0, 0.1) is 0 Å². The fourth-order valence-electron chi connectivity index (χ4n) is 0.826. The molecule has 1 atom stereocenters. The van der Waals surface area contributed by atoms with Crippen molar-refractivity contribution in [2.24, 2.45) is 10.7 Å². The molecular weight excluding hydrogens is 182 g/mol. The van der Waals surface area contributed by atoms with E-state index in [-0.39, 0.29) is 11.9 Å². The van der Waals surface area contributed by atoms with Gasteiger partial charge in [0.15, 0.2) is 5.96 Å². The van der Waals surface area contributed by atoms with Gasteiger partial charge < -0.3 is 15.8 Å². The first-order chi connectivity index (χ1) is 6.61. The van der Waals surface area contributed by atoms with Gasteiger partial charge in [-0.25, -0.2) is 4.79 Å². The standard InChI is InChI=1S/C9H19N3O2/c1-4-6-11-9(10)12-7(3)8(13)14-5-2/h7H,4-6H2,1-3H3,(H3,10,11,12). The Kier molecular flexibility index (Phi) is 6.53. The van der Waals surface area contributed by atoms with E-state index in [0.717, 1.165) is 6.42 Å². The fraction of sp³-hybridized carbons (Fsp3) is 0.778. The average molecular weight is 201 g/mol. The van der Waals surface area contributed by atoms with Gasteiger partial charge in [0, 0.05) is 6.54 Å². The molecule has 0 aliphatic carbocycles. The molecular formula is C9H19N3O2. The lowest BCUT2D eigenvalue weighted by Crippen LogP contribution is -2.43. The van der Waals surface area contributed by atoms with Gasteiger partial charge >= 0.3 is 5.97 Å². The molecule has 0 radical (unpaired) electrons. The van der Waals surface area contributed by atoms with Crippen LogP contribution in [0.25, 0.3) is 0 Å². The van der Waals surface area contributed by atoms with Crippen LogP contribution in [-0.4, -0.2) is 31.1 Å². The largest absolute Gasteiger partial charge is 0.464 e. The number of nitrogens with one attached hydrogen (secondary N) is 1. The Bertz CT molecular complexity index is 204. The molecule has 5 nitrogen and oxygen atoms in total. The molecule has 0 saturated carbocycles. The van der Waals surface area contributed by atoms with Gasteiger partial charge in [0.1, 0.15) is 6.04 Å². The molecule has 0 aliphatic heterocycles. The van der Waals surface area contributed by atoms with Crippen molar-refractivity contribution in [2.45, 2.75) is 33.2 Å². The highest BCUT2D eigenvalue weighted by Gasteiger charge is 2.13. The number of esters is 1. The van der Waals surface area contributed by atoms with Crippen LogP contribution >= 0.6 is 0 Å². The predicted octanol–water partition coefficient (Wildman–Crippen LogP) is 0.252. The third-order valence-electron chi connectivity index (χ3n) is 1.51. The van der Waals surface area contributed by atoms with E-state index in [1.165, 1.54) is 0 Å². The highest BCUT2D eigenvalue weighted by Crippen LogP contribution is 1.87. The number of rotatable bonds is 5. The summed E-state index contributed by atoms with van der Waals surface area (Å²) < 4.78 is 4.80. The number of guanidine groups is 1. The molecule has 0 bridgehead atoms. The van der Waals surface area contributed by atoms with Crippen LogP contribution in [0.1, 0.15) is 27.2 Å². The van der Waals surface area contributed by atoms with Crippen molar-refractivity contribution in [1.29, 1.82) is 0 Å². The van der Waals surface area contributed by atoms with E-state index >= 15 is 0 Å². The van der Waals surface area contributed by atoms with Gasteiger partial charge in [0.2, 0.25) is 0 Å². The van der Waals surface area contributed by atoms with Crippen LogP contribution in [0.2, 0.25) is 0 Å². The van der Waals surface area contributed by atoms with Crippen molar-refractivity contribution in [2.75, 3.05) is 13.2 Å². The van der Waals surface area contributed by atoms with E-state index in [1.807, 2.05) is 6.92 Å². The minimum absolute atomic E-state index is 0.285. The van der Waals surface area contributed by atoms with E-state index < -0.39 is 6.04 Å². The summed E-state index contributed by atoms with van der Waals surface area (Å²) in [6.07, 6.45) is 0.927. The third kappa shape index (κ3) is 5.40. The molecule has 14 heavy (non-hydrogen) atoms. The van der Waals surface area contributed by atoms with Crippen LogP contribution in [0.4, 0.5) is 0 Å². The SMILES string of the molecule is CCCN=C(N)NC(C)C(=O)OCC. The van der Waals surface area contributed by atoms with Gasteiger partial charge in [0.05, 0.1) is 6.61 Å². The fourth-order valence-corrected chi connectivity index (χ4v) is 0.826. The topological polar surface area (TPSA) is 76.7 Å². The van der Waals surface area contributed by atoms with Crippen LogP contribution in [0.3, 0.4) is 0 Å². The summed E-state index contributed by atoms with van der Waals surface area (Å²) in [6, 6.07) is -0.449. The molecule has 1 unspecified atom stereocenters. The van der Waals surface area contributed by atoms with Gasteiger partial charge in [-0.2, -0.15) is 0 Å². The maximum absolute atomic E-state index is 11.2. The molecule has 0 aromatic heterocycles. The molecule has 0 heterocycles. The molecule has 5 heteroatoms. The summed E-state index contributed by atoms with van der Waals surface area (Å²) in [5.41, 5.74) is 5.53. The molecule has 3 N–H and O–H groups in total. The second-order valence-electron chi connectivity index (χ2n) is 2.89. The Morgan fingerprint density at radius 3 is 2.71 bits per heavy atom. The van der Waals surface area contributed by atoms with E-state index in [0.29, 0.717) is 13.2 Å². The lowest BCUT2D eigenvalue weighted by Gasteiger charge is -2.12. The van der Waals surface area contributed by atoms with Crippen LogP contribution in [0.15, 0.2) is 4.99 Å². The Balaban J connectivity index is 3.91. The van der Waals surface area contributed by atoms with Crippen LogP contribution in [-0.2, 0) is 9.53 Å². The zero-order valence-electron chi connectivity index (χ0n) is 9.04. The number of carbonyl (C=O) groups is 1. The smallest absolute Gasteiger partial charge is 0.328 e. The van der Waals surface area contributed by atoms with Gasteiger partial charge in [-0.15, -0.1) is 0 Å². The summed E-state index contributed by atoms with van der Waals surface area (Å²) in [5, 5.41) is 2.75. The monoisotopic (exact) mass is 201 g/mol. The van der Waals surface area contributed by atoms with Gasteiger partial charge in [-0.05, 0) is 20.3 Å². The maximum Gasteiger partial charge on any atom is 0.328 e. The normalized spacial score (nSPS) is 13.5. The van der Waals surface area contributed by atoms with Crippen molar-refractivity contribution >= 4 is 11.9 Å². The Labute approximate surface area is 84.7 Å². The van der Waals surface area contributed by atoms with E-state index in [2.05, 4.69) is 10.3 Å². The number of hydrogen-bond acceptors (Lipinski definition) is 3. The molecule has 0 aromatic carbocycles. The number of nitrogens with zero attached hydrogens (tertiary/aromatic N) is 1. The zero-order valence-corrected chi connectivity index (χ0v) is 9.04. The lowest BCUT2D eigenvalue weighted by atomic mass is 10.3. The second kappa shape index (κ2) is 7.17. The summed E-state index contributed by atoms with van der Waals surface area (Å²) in [7, 11) is 0. The number of hydrogen-bond donors (Lipinski definition) is 2. The summed E-state index contributed by atoms with van der Waals surface area (Å²) >= 11 is 0. The van der Waals surface area contributed by atoms with Gasteiger partial charge in [-0.3, -0.25) is 4.99 Å². The molecule has 0 fully saturated rings. The maximum atomic E-state index is 11.2. The van der Waals surface area contributed by atoms with Crippen molar-refractivity contribution in [3.05, 3.63) is 0 Å². The Hall–Kier alpha value is -1.26. The summed E-state index contributed by atoms with van der Waals surface area (Å²) in [6.45, 7) is 6.49. The first-order valence-corrected chi connectivity index (χ1v) is 4.84. The van der Waals surface area contributed by atoms with Crippen LogP contribution in [0.5, 0.6) is 0 Å². The Morgan fingerprint density at radius 2 is 2.21 bits per heavy atom. The molecule has 0 saturated heterocycles. The van der Waals surface area contributed by atoms with Crippen molar-refractivity contribution in [3.8, 4) is 0 Å². The number of aliphatic imine (C=N–C) groups is 1.